The third-order valence-corrected chi connectivity index (χ3v) is 8.92. The predicted molar refractivity (Wildman–Crippen MR) is 161 cm³/mol. The molecule has 0 aromatic rings. The van der Waals surface area contributed by atoms with Crippen LogP contribution < -0.4 is 5.32 Å². The average molecular weight is 526 g/mol. The molecule has 216 valence electrons. The van der Waals surface area contributed by atoms with Crippen LogP contribution >= 0.6 is 0 Å². The Morgan fingerprint density at radius 2 is 0.947 bits per heavy atom. The molecule has 3 rings (SSSR count). The minimum Gasteiger partial charge on any atom is -0.378 e. The molecule has 0 radical (unpaired) electrons. The van der Waals surface area contributed by atoms with Gasteiger partial charge in [0, 0.05) is 37.5 Å². The Bertz CT molecular complexity index is 642. The van der Waals surface area contributed by atoms with Crippen LogP contribution in [-0.2, 0) is 9.47 Å². The average Bonchev–Trinajstić information content (AvgIpc) is 2.96. The van der Waals surface area contributed by atoms with Gasteiger partial charge in [-0.25, -0.2) is 0 Å². The first-order chi connectivity index (χ1) is 18.8. The van der Waals surface area contributed by atoms with Gasteiger partial charge in [-0.15, -0.1) is 0 Å². The van der Waals surface area contributed by atoms with Crippen LogP contribution in [0.1, 0.15) is 142 Å². The van der Waals surface area contributed by atoms with Crippen molar-refractivity contribution in [3.05, 3.63) is 0 Å². The summed E-state index contributed by atoms with van der Waals surface area (Å²) in [5.74, 6) is 16.1. The standard InChI is InChI=1S/C35H59NO2/c1-3-5-7-9-11-27-37-34-23-17-30(18-24-34)13-14-32-16-22-33(36-29-32)21-15-31-19-25-35(26-20-31)38-28-12-10-8-6-4-2/h30-36H,3-12,16-20,22-29H2,1-2H3. The summed E-state index contributed by atoms with van der Waals surface area (Å²) < 4.78 is 12.3. The Morgan fingerprint density at radius 1 is 0.500 bits per heavy atom. The summed E-state index contributed by atoms with van der Waals surface area (Å²) in [5, 5.41) is 3.68. The van der Waals surface area contributed by atoms with Crippen LogP contribution in [0.25, 0.3) is 0 Å². The number of hydrogen-bond acceptors (Lipinski definition) is 3. The van der Waals surface area contributed by atoms with Gasteiger partial charge in [0.2, 0.25) is 0 Å². The molecule has 1 saturated heterocycles. The lowest BCUT2D eigenvalue weighted by Gasteiger charge is -2.27. The third-order valence-electron chi connectivity index (χ3n) is 8.92. The van der Waals surface area contributed by atoms with Gasteiger partial charge in [-0.1, -0.05) is 88.9 Å². The summed E-state index contributed by atoms with van der Waals surface area (Å²) in [4.78, 5) is 0. The zero-order valence-electron chi connectivity index (χ0n) is 25.0. The highest BCUT2D eigenvalue weighted by atomic mass is 16.5. The molecule has 0 aromatic heterocycles. The molecule has 3 heteroatoms. The fourth-order valence-electron chi connectivity index (χ4n) is 6.22. The van der Waals surface area contributed by atoms with E-state index in [0.29, 0.717) is 36.0 Å². The Labute approximate surface area is 236 Å². The maximum Gasteiger partial charge on any atom is 0.0690 e. The fourth-order valence-corrected chi connectivity index (χ4v) is 6.22. The van der Waals surface area contributed by atoms with E-state index in [1.165, 1.54) is 122 Å². The molecule has 1 aliphatic heterocycles. The highest BCUT2D eigenvalue weighted by Crippen LogP contribution is 2.27. The minimum absolute atomic E-state index is 0.361. The predicted octanol–water partition coefficient (Wildman–Crippen LogP) is 8.45. The molecule has 3 fully saturated rings. The lowest BCUT2D eigenvalue weighted by Crippen LogP contribution is -2.37. The Balaban J connectivity index is 1.21. The van der Waals surface area contributed by atoms with Gasteiger partial charge < -0.3 is 14.8 Å². The summed E-state index contributed by atoms with van der Waals surface area (Å²) in [6.07, 6.45) is 26.1. The fraction of sp³-hybridized carbons (Fsp3) is 0.886. The smallest absolute Gasteiger partial charge is 0.0690 e. The normalized spacial score (nSPS) is 29.6. The van der Waals surface area contributed by atoms with E-state index < -0.39 is 0 Å². The molecule has 2 aliphatic carbocycles. The van der Waals surface area contributed by atoms with E-state index in [2.05, 4.69) is 42.8 Å². The molecule has 2 unspecified atom stereocenters. The minimum atomic E-state index is 0.361. The number of ether oxygens (including phenoxy) is 2. The molecule has 0 amide bonds. The Kier molecular flexibility index (Phi) is 16.6. The van der Waals surface area contributed by atoms with Crippen LogP contribution in [0.3, 0.4) is 0 Å². The zero-order chi connectivity index (χ0) is 26.7. The highest BCUT2D eigenvalue weighted by Gasteiger charge is 2.23. The molecule has 3 nitrogen and oxygen atoms in total. The number of nitrogens with one attached hydrogen (secondary N) is 1. The number of rotatable bonds is 14. The van der Waals surface area contributed by atoms with Crippen molar-refractivity contribution in [2.45, 2.75) is 161 Å². The molecule has 1 heterocycles. The molecule has 1 N–H and O–H groups in total. The van der Waals surface area contributed by atoms with Gasteiger partial charge in [0.1, 0.15) is 0 Å². The lowest BCUT2D eigenvalue weighted by atomic mass is 9.86. The first kappa shape index (κ1) is 31.5. The van der Waals surface area contributed by atoms with E-state index in [9.17, 15) is 0 Å². The Hall–Kier alpha value is -1.00. The van der Waals surface area contributed by atoms with Crippen molar-refractivity contribution in [3.63, 3.8) is 0 Å². The van der Waals surface area contributed by atoms with Gasteiger partial charge in [-0.05, 0) is 77.0 Å². The van der Waals surface area contributed by atoms with Crippen LogP contribution in [0.15, 0.2) is 0 Å². The Morgan fingerprint density at radius 3 is 1.42 bits per heavy atom. The van der Waals surface area contributed by atoms with Crippen LogP contribution in [0.2, 0.25) is 0 Å². The number of hydrogen-bond donors (Lipinski definition) is 1. The van der Waals surface area contributed by atoms with E-state index in [1.54, 1.807) is 0 Å². The van der Waals surface area contributed by atoms with Crippen molar-refractivity contribution in [2.24, 2.45) is 17.8 Å². The second kappa shape index (κ2) is 20.0. The molecule has 2 atom stereocenters. The van der Waals surface area contributed by atoms with E-state index in [-0.39, 0.29) is 0 Å². The van der Waals surface area contributed by atoms with Gasteiger partial charge in [0.25, 0.3) is 0 Å². The quantitative estimate of drug-likeness (QED) is 0.182. The van der Waals surface area contributed by atoms with Gasteiger partial charge in [0.05, 0.1) is 18.2 Å². The lowest BCUT2D eigenvalue weighted by molar-refractivity contribution is 0.0208. The maximum absolute atomic E-state index is 6.14. The summed E-state index contributed by atoms with van der Waals surface area (Å²) >= 11 is 0. The molecule has 0 spiro atoms. The van der Waals surface area contributed by atoms with Gasteiger partial charge in [-0.3, -0.25) is 0 Å². The number of unbranched alkanes of at least 4 members (excludes halogenated alkanes) is 8. The molecule has 0 aromatic carbocycles. The van der Waals surface area contributed by atoms with Crippen LogP contribution in [0, 0.1) is 41.4 Å². The molecule has 0 bridgehead atoms. The maximum atomic E-state index is 6.14. The van der Waals surface area contributed by atoms with Crippen molar-refractivity contribution in [3.8, 4) is 23.7 Å². The van der Waals surface area contributed by atoms with E-state index in [1.807, 2.05) is 0 Å². The van der Waals surface area contributed by atoms with Crippen molar-refractivity contribution in [1.29, 1.82) is 0 Å². The molecule has 38 heavy (non-hydrogen) atoms. The van der Waals surface area contributed by atoms with Gasteiger partial charge in [-0.2, -0.15) is 0 Å². The summed E-state index contributed by atoms with van der Waals surface area (Å²) in [6.45, 7) is 7.46. The van der Waals surface area contributed by atoms with Crippen molar-refractivity contribution in [1.82, 2.24) is 5.32 Å². The second-order valence-electron chi connectivity index (χ2n) is 12.3. The van der Waals surface area contributed by atoms with E-state index in [4.69, 9.17) is 9.47 Å². The second-order valence-corrected chi connectivity index (χ2v) is 12.3. The highest BCUT2D eigenvalue weighted by molar-refractivity contribution is 5.15. The SMILES string of the molecule is CCCCCCCOC1CCC(C#CC2CCC(C#CC3CCC(OCCCCCCC)CC3)NC2)CC1. The summed E-state index contributed by atoms with van der Waals surface area (Å²) in [6, 6.07) is 0.361. The van der Waals surface area contributed by atoms with Crippen molar-refractivity contribution < 1.29 is 9.47 Å². The summed E-state index contributed by atoms with van der Waals surface area (Å²) in [5.41, 5.74) is 0. The van der Waals surface area contributed by atoms with Crippen molar-refractivity contribution in [2.75, 3.05) is 19.8 Å². The first-order valence-electron chi connectivity index (χ1n) is 16.8. The zero-order valence-corrected chi connectivity index (χ0v) is 25.0. The van der Waals surface area contributed by atoms with E-state index >= 15 is 0 Å². The van der Waals surface area contributed by atoms with Gasteiger partial charge >= 0.3 is 0 Å². The largest absolute Gasteiger partial charge is 0.378 e. The summed E-state index contributed by atoms with van der Waals surface area (Å²) in [7, 11) is 0. The number of piperidine rings is 1. The first-order valence-corrected chi connectivity index (χ1v) is 16.8. The van der Waals surface area contributed by atoms with E-state index in [0.717, 1.165) is 26.2 Å². The van der Waals surface area contributed by atoms with Gasteiger partial charge in [0.15, 0.2) is 0 Å². The monoisotopic (exact) mass is 525 g/mol. The molecule has 3 aliphatic rings. The van der Waals surface area contributed by atoms with Crippen molar-refractivity contribution >= 4 is 0 Å². The molecular weight excluding hydrogens is 466 g/mol. The third kappa shape index (κ3) is 13.4. The topological polar surface area (TPSA) is 30.5 Å². The van der Waals surface area contributed by atoms with Crippen LogP contribution in [0.4, 0.5) is 0 Å². The van der Waals surface area contributed by atoms with Crippen LogP contribution in [0.5, 0.6) is 0 Å². The molecule has 2 saturated carbocycles. The molecular formula is C35H59NO2. The van der Waals surface area contributed by atoms with Crippen LogP contribution in [-0.4, -0.2) is 38.0 Å².